The van der Waals surface area contributed by atoms with Crippen LogP contribution in [0.1, 0.15) is 17.3 Å². The maximum atomic E-state index is 13.8. The molecule has 0 amide bonds. The van der Waals surface area contributed by atoms with Crippen molar-refractivity contribution in [1.82, 2.24) is 0 Å². The standard InChI is InChI=1S/C36H38O19/c1-13-24(40)32(54-34(47)15-8-20(48-2)25(41)21(9-15)49-3)30(46)35(51-13)50-12-22-26(42)28(44)29(45)36(53-22)55-33-27(43)23-18(39)10-17(38)11-19(23)52-31(33)14-4-6-16(37)7-5-14/h4-11,13,22,24,26,28-30,32,35-42,44-46H,12H2,1-3H3/t13-,22+,24-,26-,28-,29+,30+,32+,35+,36-/m0/s1. The van der Waals surface area contributed by atoms with Gasteiger partial charge in [0.1, 0.15) is 64.8 Å². The van der Waals surface area contributed by atoms with Crippen LogP contribution in [0.15, 0.2) is 57.7 Å². The van der Waals surface area contributed by atoms with Crippen LogP contribution in [-0.2, 0) is 18.9 Å². The minimum absolute atomic E-state index is 0.119. The second-order valence-electron chi connectivity index (χ2n) is 12.7. The summed E-state index contributed by atoms with van der Waals surface area (Å²) in [6.45, 7) is 0.718. The second-order valence-corrected chi connectivity index (χ2v) is 12.7. The normalized spacial score (nSPS) is 28.1. The highest BCUT2D eigenvalue weighted by Crippen LogP contribution is 2.39. The fourth-order valence-corrected chi connectivity index (χ4v) is 6.11. The van der Waals surface area contributed by atoms with Gasteiger partial charge in [-0.2, -0.15) is 0 Å². The van der Waals surface area contributed by atoms with Crippen molar-refractivity contribution < 1.29 is 88.3 Å². The topological polar surface area (TPSA) is 294 Å². The van der Waals surface area contributed by atoms with Gasteiger partial charge in [-0.15, -0.1) is 0 Å². The van der Waals surface area contributed by atoms with E-state index in [1.807, 2.05) is 0 Å². The van der Waals surface area contributed by atoms with Crippen LogP contribution < -0.4 is 19.6 Å². The van der Waals surface area contributed by atoms with Crippen LogP contribution in [0.5, 0.6) is 40.2 Å². The molecule has 6 rings (SSSR count). The van der Waals surface area contributed by atoms with Crippen molar-refractivity contribution in [3.8, 4) is 51.6 Å². The first-order valence-electron chi connectivity index (χ1n) is 16.6. The fraction of sp³-hybridized carbons (Fsp3) is 0.389. The van der Waals surface area contributed by atoms with Gasteiger partial charge < -0.3 is 83.5 Å². The van der Waals surface area contributed by atoms with E-state index in [9.17, 15) is 55.5 Å². The summed E-state index contributed by atoms with van der Waals surface area (Å²) in [4.78, 5) is 26.9. The van der Waals surface area contributed by atoms with Crippen LogP contribution in [0.25, 0.3) is 22.3 Å². The molecular formula is C36H38O19. The quantitative estimate of drug-likeness (QED) is 0.0972. The summed E-state index contributed by atoms with van der Waals surface area (Å²) >= 11 is 0. The summed E-state index contributed by atoms with van der Waals surface area (Å²) < 4.78 is 44.2. The number of fused-ring (bicyclic) bond motifs is 1. The van der Waals surface area contributed by atoms with E-state index in [1.54, 1.807) is 0 Å². The smallest absolute Gasteiger partial charge is 0.338 e. The lowest BCUT2D eigenvalue weighted by Crippen LogP contribution is -2.62. The zero-order valence-corrected chi connectivity index (χ0v) is 29.2. The zero-order valence-electron chi connectivity index (χ0n) is 29.2. The summed E-state index contributed by atoms with van der Waals surface area (Å²) in [5, 5.41) is 94.4. The number of hydrogen-bond acceptors (Lipinski definition) is 19. The lowest BCUT2D eigenvalue weighted by molar-refractivity contribution is -0.318. The number of ether oxygens (including phenoxy) is 7. The Morgan fingerprint density at radius 3 is 2.05 bits per heavy atom. The Morgan fingerprint density at radius 1 is 0.764 bits per heavy atom. The van der Waals surface area contributed by atoms with E-state index in [1.165, 1.54) is 45.4 Å². The molecule has 0 radical (unpaired) electrons. The predicted molar refractivity (Wildman–Crippen MR) is 183 cm³/mol. The molecule has 3 heterocycles. The molecular weight excluding hydrogens is 736 g/mol. The van der Waals surface area contributed by atoms with Crippen LogP contribution >= 0.6 is 0 Å². The van der Waals surface area contributed by atoms with Crippen molar-refractivity contribution in [2.75, 3.05) is 20.8 Å². The first-order chi connectivity index (χ1) is 26.1. The number of aromatic hydroxyl groups is 4. The third-order valence-electron chi connectivity index (χ3n) is 9.11. The molecule has 9 N–H and O–H groups in total. The number of carbonyl (C=O) groups is 1. The second kappa shape index (κ2) is 15.8. The Hall–Kier alpha value is -5.38. The number of esters is 1. The van der Waals surface area contributed by atoms with Gasteiger partial charge in [0, 0.05) is 17.7 Å². The molecule has 1 aromatic heterocycles. The first kappa shape index (κ1) is 39.3. The van der Waals surface area contributed by atoms with Crippen molar-refractivity contribution in [2.24, 2.45) is 0 Å². The van der Waals surface area contributed by atoms with Crippen LogP contribution in [0.3, 0.4) is 0 Å². The highest BCUT2D eigenvalue weighted by molar-refractivity contribution is 5.91. The number of methoxy groups -OCH3 is 2. The van der Waals surface area contributed by atoms with Gasteiger partial charge in [0.2, 0.25) is 23.2 Å². The molecule has 3 aromatic carbocycles. The monoisotopic (exact) mass is 774 g/mol. The molecule has 19 nitrogen and oxygen atoms in total. The van der Waals surface area contributed by atoms with Crippen molar-refractivity contribution >= 4 is 16.9 Å². The van der Waals surface area contributed by atoms with Gasteiger partial charge in [-0.05, 0) is 43.3 Å². The molecule has 0 aliphatic carbocycles. The molecule has 0 unspecified atom stereocenters. The molecule has 0 spiro atoms. The predicted octanol–water partition coefficient (Wildman–Crippen LogP) is 0.195. The number of phenols is 4. The minimum Gasteiger partial charge on any atom is -0.508 e. The molecule has 0 saturated carbocycles. The van der Waals surface area contributed by atoms with Crippen LogP contribution in [0.2, 0.25) is 0 Å². The lowest BCUT2D eigenvalue weighted by Gasteiger charge is -2.43. The van der Waals surface area contributed by atoms with E-state index in [0.717, 1.165) is 24.3 Å². The fourth-order valence-electron chi connectivity index (χ4n) is 6.11. The Balaban J connectivity index is 1.22. The van der Waals surface area contributed by atoms with Gasteiger partial charge in [0.25, 0.3) is 0 Å². The zero-order chi connectivity index (χ0) is 39.9. The third kappa shape index (κ3) is 7.64. The van der Waals surface area contributed by atoms with Gasteiger partial charge in [0.05, 0.1) is 32.5 Å². The first-order valence-corrected chi connectivity index (χ1v) is 16.6. The lowest BCUT2D eigenvalue weighted by atomic mass is 9.98. The van der Waals surface area contributed by atoms with E-state index >= 15 is 0 Å². The number of hydrogen-bond donors (Lipinski definition) is 9. The summed E-state index contributed by atoms with van der Waals surface area (Å²) in [7, 11) is 2.49. The largest absolute Gasteiger partial charge is 0.508 e. The van der Waals surface area contributed by atoms with E-state index < -0.39 is 102 Å². The summed E-state index contributed by atoms with van der Waals surface area (Å²) in [5.74, 6) is -3.82. The molecule has 296 valence electrons. The third-order valence-corrected chi connectivity index (χ3v) is 9.11. The Bertz CT molecular complexity index is 2060. The van der Waals surface area contributed by atoms with Gasteiger partial charge >= 0.3 is 5.97 Å². The summed E-state index contributed by atoms with van der Waals surface area (Å²) in [5.41, 5.74) is -1.23. The molecule has 2 fully saturated rings. The van der Waals surface area contributed by atoms with Gasteiger partial charge in [-0.25, -0.2) is 4.79 Å². The van der Waals surface area contributed by atoms with E-state index in [0.29, 0.717) is 0 Å². The molecule has 2 saturated heterocycles. The molecule has 2 aliphatic heterocycles. The molecule has 19 heteroatoms. The molecule has 10 atom stereocenters. The highest BCUT2D eigenvalue weighted by Gasteiger charge is 2.49. The van der Waals surface area contributed by atoms with Gasteiger partial charge in [-0.3, -0.25) is 4.79 Å². The van der Waals surface area contributed by atoms with Crippen LogP contribution in [0.4, 0.5) is 0 Å². The van der Waals surface area contributed by atoms with Crippen LogP contribution in [0, 0.1) is 0 Å². The van der Waals surface area contributed by atoms with Gasteiger partial charge in [0.15, 0.2) is 29.7 Å². The molecule has 55 heavy (non-hydrogen) atoms. The minimum atomic E-state index is -1.99. The molecule has 2 aliphatic rings. The maximum Gasteiger partial charge on any atom is 0.338 e. The summed E-state index contributed by atoms with van der Waals surface area (Å²) in [6, 6.07) is 9.53. The van der Waals surface area contributed by atoms with E-state index in [2.05, 4.69) is 0 Å². The highest BCUT2D eigenvalue weighted by atomic mass is 16.7. The van der Waals surface area contributed by atoms with Crippen LogP contribution in [-0.4, -0.2) is 134 Å². The van der Waals surface area contributed by atoms with E-state index in [4.69, 9.17) is 37.6 Å². The SMILES string of the molecule is COc1cc(C(=O)O[C@@H]2[C@@H](O)[C@H](C)O[C@@H](OC[C@H]3O[C@@H](Oc4c(-c5ccc(O)cc5)oc5cc(O)cc(O)c5c4=O)[C@H](O)[C@@H](O)[C@H]3O)[C@@H]2O)cc(OC)c1O. The molecule has 0 bridgehead atoms. The number of benzene rings is 3. The van der Waals surface area contributed by atoms with Crippen molar-refractivity contribution in [1.29, 1.82) is 0 Å². The average molecular weight is 775 g/mol. The number of aliphatic hydroxyl groups is 5. The number of carbonyl (C=O) groups excluding carboxylic acids is 1. The number of rotatable bonds is 10. The number of aliphatic hydroxyl groups excluding tert-OH is 5. The van der Waals surface area contributed by atoms with Crippen molar-refractivity contribution in [2.45, 2.75) is 68.3 Å². The Kier molecular flexibility index (Phi) is 11.3. The van der Waals surface area contributed by atoms with Crippen molar-refractivity contribution in [3.05, 3.63) is 64.3 Å². The average Bonchev–Trinajstić information content (AvgIpc) is 3.15. The Morgan fingerprint density at radius 2 is 1.42 bits per heavy atom. The number of phenolic OH excluding ortho intramolecular Hbond substituents is 4. The Labute approximate surface area is 310 Å². The maximum absolute atomic E-state index is 13.8. The summed E-state index contributed by atoms with van der Waals surface area (Å²) in [6.07, 6.45) is -17.0. The van der Waals surface area contributed by atoms with Gasteiger partial charge in [-0.1, -0.05) is 0 Å². The molecule has 4 aromatic rings. The van der Waals surface area contributed by atoms with E-state index in [-0.39, 0.29) is 45.5 Å². The van der Waals surface area contributed by atoms with Crippen molar-refractivity contribution in [3.63, 3.8) is 0 Å².